The van der Waals surface area contributed by atoms with Crippen LogP contribution in [0, 0.1) is 11.7 Å². The second kappa shape index (κ2) is 8.87. The van der Waals surface area contributed by atoms with Crippen LogP contribution in [0.4, 0.5) is 10.1 Å². The number of carboxylic acids is 1. The standard InChI is InChI=1S/C21H20ClFN4O2/c1-2-12(4-3-9-24)19-26-18-8-5-13(21(28)29)10-15(18)20(27-19)25-14-6-7-17(23)16(22)11-14/h3-9,11,15H,2,10,24H2,1H3,(H,28,29)(H,25,26,27)/b9-3-,12-4+. The molecule has 1 aliphatic heterocycles. The Morgan fingerprint density at radius 1 is 1.48 bits per heavy atom. The minimum atomic E-state index is -0.985. The van der Waals surface area contributed by atoms with E-state index >= 15 is 0 Å². The topological polar surface area (TPSA) is 100 Å². The third kappa shape index (κ3) is 4.63. The van der Waals surface area contributed by atoms with Gasteiger partial charge in [0, 0.05) is 11.3 Å². The van der Waals surface area contributed by atoms with Crippen molar-refractivity contribution in [3.8, 4) is 0 Å². The van der Waals surface area contributed by atoms with Crippen LogP contribution in [0.15, 0.2) is 75.5 Å². The monoisotopic (exact) mass is 414 g/mol. The normalized spacial score (nSPS) is 20.7. The number of aliphatic imine (C=N–C) groups is 2. The summed E-state index contributed by atoms with van der Waals surface area (Å²) in [4.78, 5) is 20.6. The van der Waals surface area contributed by atoms with Crippen molar-refractivity contribution >= 4 is 34.9 Å². The lowest BCUT2D eigenvalue weighted by molar-refractivity contribution is -0.132. The smallest absolute Gasteiger partial charge is 0.331 e. The fourth-order valence-corrected chi connectivity index (χ4v) is 3.23. The molecule has 2 aliphatic rings. The molecule has 0 spiro atoms. The van der Waals surface area contributed by atoms with Crippen LogP contribution in [0.25, 0.3) is 0 Å². The summed E-state index contributed by atoms with van der Waals surface area (Å²) in [7, 11) is 0. The quantitative estimate of drug-likeness (QED) is 0.627. The zero-order chi connectivity index (χ0) is 21.0. The number of nitrogens with one attached hydrogen (secondary N) is 1. The minimum absolute atomic E-state index is 0.0438. The molecule has 4 N–H and O–H groups in total. The van der Waals surface area contributed by atoms with Crippen molar-refractivity contribution in [3.05, 3.63) is 76.4 Å². The van der Waals surface area contributed by atoms with Crippen LogP contribution in [0.1, 0.15) is 19.8 Å². The zero-order valence-electron chi connectivity index (χ0n) is 15.7. The van der Waals surface area contributed by atoms with E-state index in [1.165, 1.54) is 24.4 Å². The summed E-state index contributed by atoms with van der Waals surface area (Å²) in [5, 5.41) is 12.6. The third-order valence-electron chi connectivity index (χ3n) is 4.58. The van der Waals surface area contributed by atoms with Crippen molar-refractivity contribution in [2.75, 3.05) is 0 Å². The highest BCUT2D eigenvalue weighted by Gasteiger charge is 2.32. The number of carboxylic acid groups (broad SMARTS) is 1. The third-order valence-corrected chi connectivity index (χ3v) is 4.87. The van der Waals surface area contributed by atoms with Gasteiger partial charge in [0.1, 0.15) is 17.5 Å². The van der Waals surface area contributed by atoms with Gasteiger partial charge in [-0.3, -0.25) is 0 Å². The Morgan fingerprint density at radius 3 is 2.93 bits per heavy atom. The number of carbonyl (C=O) groups is 1. The fraction of sp³-hybridized carbons (Fsp3) is 0.190. The second-order valence-electron chi connectivity index (χ2n) is 6.46. The van der Waals surface area contributed by atoms with Crippen LogP contribution >= 0.6 is 11.6 Å². The summed E-state index contributed by atoms with van der Waals surface area (Å²) >= 11 is 5.87. The van der Waals surface area contributed by atoms with Crippen molar-refractivity contribution in [1.82, 2.24) is 5.32 Å². The molecule has 6 nitrogen and oxygen atoms in total. The summed E-state index contributed by atoms with van der Waals surface area (Å²) in [6.45, 7) is 1.99. The van der Waals surface area contributed by atoms with Gasteiger partial charge in [0.15, 0.2) is 0 Å². The Hall–Kier alpha value is -3.19. The molecule has 0 saturated carbocycles. The number of amidine groups is 2. The number of hydrogen-bond acceptors (Lipinski definition) is 4. The van der Waals surface area contributed by atoms with Gasteiger partial charge < -0.3 is 16.2 Å². The van der Waals surface area contributed by atoms with Gasteiger partial charge in [0.05, 0.1) is 16.6 Å². The average Bonchev–Trinajstić information content (AvgIpc) is 2.71. The summed E-state index contributed by atoms with van der Waals surface area (Å²) in [5.74, 6) is -0.851. The molecule has 29 heavy (non-hydrogen) atoms. The van der Waals surface area contributed by atoms with Crippen LogP contribution in [0.3, 0.4) is 0 Å². The maximum absolute atomic E-state index is 13.5. The molecule has 1 aromatic carbocycles. The van der Waals surface area contributed by atoms with E-state index in [9.17, 15) is 14.3 Å². The van der Waals surface area contributed by atoms with E-state index in [0.29, 0.717) is 23.8 Å². The maximum Gasteiger partial charge on any atom is 0.331 e. The van der Waals surface area contributed by atoms with E-state index in [1.54, 1.807) is 18.2 Å². The number of nitrogens with zero attached hydrogens (tertiary/aromatic N) is 2. The number of aliphatic carboxylic acids is 1. The fourth-order valence-electron chi connectivity index (χ4n) is 3.06. The van der Waals surface area contributed by atoms with Crippen molar-refractivity contribution in [3.63, 3.8) is 0 Å². The molecule has 0 radical (unpaired) electrons. The molecule has 8 heteroatoms. The summed E-state index contributed by atoms with van der Waals surface area (Å²) in [6.07, 6.45) is 9.23. The first-order valence-corrected chi connectivity index (χ1v) is 9.42. The van der Waals surface area contributed by atoms with Gasteiger partial charge >= 0.3 is 5.97 Å². The highest BCUT2D eigenvalue weighted by molar-refractivity contribution is 6.31. The molecule has 0 aromatic heterocycles. The Bertz CT molecular complexity index is 1020. The van der Waals surface area contributed by atoms with Crippen molar-refractivity contribution in [2.24, 2.45) is 21.6 Å². The van der Waals surface area contributed by atoms with Gasteiger partial charge in [-0.05, 0) is 55.0 Å². The highest BCUT2D eigenvalue weighted by atomic mass is 35.5. The number of nitrogens with two attached hydrogens (primary N) is 1. The number of rotatable bonds is 5. The van der Waals surface area contributed by atoms with Crippen LogP contribution in [-0.2, 0) is 4.79 Å². The minimum Gasteiger partial charge on any atom is -0.478 e. The number of halogens is 2. The molecule has 1 atom stereocenters. The lowest BCUT2D eigenvalue weighted by Gasteiger charge is -2.30. The Balaban J connectivity index is 2.10. The first-order valence-electron chi connectivity index (χ1n) is 9.04. The summed E-state index contributed by atoms with van der Waals surface area (Å²) in [6, 6.07) is 4.14. The molecule has 1 unspecified atom stereocenters. The highest BCUT2D eigenvalue weighted by Crippen LogP contribution is 2.31. The molecule has 0 fully saturated rings. The van der Waals surface area contributed by atoms with E-state index in [0.717, 1.165) is 11.3 Å². The molecule has 150 valence electrons. The Labute approximate surface area is 172 Å². The van der Waals surface area contributed by atoms with Crippen LogP contribution < -0.4 is 11.1 Å². The number of benzene rings is 1. The van der Waals surface area contributed by atoms with E-state index in [2.05, 4.69) is 15.3 Å². The number of hydrogen-bond donors (Lipinski definition) is 3. The molecular formula is C21H20ClFN4O2. The van der Waals surface area contributed by atoms with Gasteiger partial charge in [0.2, 0.25) is 0 Å². The second-order valence-corrected chi connectivity index (χ2v) is 6.87. The maximum atomic E-state index is 13.5. The first-order chi connectivity index (χ1) is 13.9. The average molecular weight is 415 g/mol. The molecule has 1 aliphatic carbocycles. The van der Waals surface area contributed by atoms with E-state index < -0.39 is 11.8 Å². The van der Waals surface area contributed by atoms with Gasteiger partial charge in [-0.25, -0.2) is 19.2 Å². The summed E-state index contributed by atoms with van der Waals surface area (Å²) < 4.78 is 13.5. The van der Waals surface area contributed by atoms with Crippen molar-refractivity contribution in [2.45, 2.75) is 19.8 Å². The van der Waals surface area contributed by atoms with Gasteiger partial charge in [-0.15, -0.1) is 0 Å². The zero-order valence-corrected chi connectivity index (χ0v) is 16.4. The van der Waals surface area contributed by atoms with Crippen LogP contribution in [0.2, 0.25) is 5.02 Å². The summed E-state index contributed by atoms with van der Waals surface area (Å²) in [5.41, 5.74) is 7.84. The predicted octanol–water partition coefficient (Wildman–Crippen LogP) is 4.23. The molecule has 3 rings (SSSR count). The van der Waals surface area contributed by atoms with Gasteiger partial charge in [0.25, 0.3) is 0 Å². The Kier molecular flexibility index (Phi) is 6.29. The van der Waals surface area contributed by atoms with Crippen molar-refractivity contribution < 1.29 is 14.3 Å². The molecular weight excluding hydrogens is 395 g/mol. The molecule has 0 bridgehead atoms. The first kappa shape index (κ1) is 20.5. The van der Waals surface area contributed by atoms with E-state index in [-0.39, 0.29) is 22.9 Å². The van der Waals surface area contributed by atoms with Crippen LogP contribution in [-0.4, -0.2) is 22.7 Å². The van der Waals surface area contributed by atoms with Crippen molar-refractivity contribution in [1.29, 1.82) is 0 Å². The number of allylic oxidation sites excluding steroid dienone is 4. The van der Waals surface area contributed by atoms with E-state index in [1.807, 2.05) is 13.0 Å². The van der Waals surface area contributed by atoms with E-state index in [4.69, 9.17) is 17.3 Å². The lowest BCUT2D eigenvalue weighted by Crippen LogP contribution is -2.39. The SMILES string of the molecule is CC/C(=C\C=C/N)C1=NC(=Nc2ccc(F)c(Cl)c2)C2CC(C(=O)O)=CC=C2N1. The Morgan fingerprint density at radius 2 is 2.28 bits per heavy atom. The molecule has 1 aromatic rings. The number of fused-ring (bicyclic) bond motifs is 1. The largest absolute Gasteiger partial charge is 0.478 e. The lowest BCUT2D eigenvalue weighted by atomic mass is 9.88. The predicted molar refractivity (Wildman–Crippen MR) is 113 cm³/mol. The van der Waals surface area contributed by atoms with Gasteiger partial charge in [-0.2, -0.15) is 0 Å². The van der Waals surface area contributed by atoms with Gasteiger partial charge in [-0.1, -0.05) is 30.7 Å². The molecule has 1 heterocycles. The molecule has 0 saturated heterocycles. The van der Waals surface area contributed by atoms with Crippen LogP contribution in [0.5, 0.6) is 0 Å². The molecule has 0 amide bonds.